The molecule has 0 saturated carbocycles. The molecule has 0 saturated heterocycles. The van der Waals surface area contributed by atoms with Crippen molar-refractivity contribution in [3.05, 3.63) is 65.1 Å². The summed E-state index contributed by atoms with van der Waals surface area (Å²) in [6.07, 6.45) is 2.60. The SMILES string of the molecule is Cc1nn(C)c(C)c1C[C@H](C)NC(=O)c1cc(-c2ccn(C)n2)nc2ccccc12. The summed E-state index contributed by atoms with van der Waals surface area (Å²) in [6, 6.07) is 11.4. The van der Waals surface area contributed by atoms with Gasteiger partial charge in [0, 0.05) is 37.4 Å². The standard InChI is InChI=1S/C23H26N6O/c1-14(12-18-15(2)26-29(5)16(18)3)24-23(30)19-13-22(21-10-11-28(4)27-21)25-20-9-7-6-8-17(19)20/h6-11,13-14H,12H2,1-5H3,(H,24,30)/t14-/m0/s1. The normalized spacial score (nSPS) is 12.3. The van der Waals surface area contributed by atoms with Crippen molar-refractivity contribution < 1.29 is 4.79 Å². The molecule has 0 spiro atoms. The summed E-state index contributed by atoms with van der Waals surface area (Å²) in [5, 5.41) is 12.9. The van der Waals surface area contributed by atoms with E-state index in [1.807, 2.05) is 75.2 Å². The number of nitrogens with zero attached hydrogens (tertiary/aromatic N) is 5. The van der Waals surface area contributed by atoms with E-state index in [4.69, 9.17) is 4.98 Å². The van der Waals surface area contributed by atoms with Crippen molar-refractivity contribution in [1.29, 1.82) is 0 Å². The fourth-order valence-electron chi connectivity index (χ4n) is 3.82. The number of para-hydroxylation sites is 1. The Morgan fingerprint density at radius 2 is 1.87 bits per heavy atom. The quantitative estimate of drug-likeness (QED) is 0.555. The van der Waals surface area contributed by atoms with Crippen LogP contribution in [0.4, 0.5) is 0 Å². The molecule has 1 N–H and O–H groups in total. The monoisotopic (exact) mass is 402 g/mol. The van der Waals surface area contributed by atoms with Crippen molar-refractivity contribution in [2.45, 2.75) is 33.2 Å². The van der Waals surface area contributed by atoms with E-state index in [9.17, 15) is 4.79 Å². The number of benzene rings is 1. The van der Waals surface area contributed by atoms with E-state index in [0.29, 0.717) is 11.3 Å². The lowest BCUT2D eigenvalue weighted by Crippen LogP contribution is -2.34. The number of fused-ring (bicyclic) bond motifs is 1. The van der Waals surface area contributed by atoms with Crippen molar-refractivity contribution in [2.75, 3.05) is 0 Å². The molecular weight excluding hydrogens is 376 g/mol. The Kier molecular flexibility index (Phi) is 5.11. The molecule has 154 valence electrons. The Hall–Kier alpha value is -3.48. The molecule has 0 aliphatic carbocycles. The second-order valence-corrected chi connectivity index (χ2v) is 7.80. The number of carbonyl (C=O) groups is 1. The van der Waals surface area contributed by atoms with Gasteiger partial charge in [-0.2, -0.15) is 10.2 Å². The van der Waals surface area contributed by atoms with Gasteiger partial charge in [-0.05, 0) is 51.0 Å². The third-order valence-electron chi connectivity index (χ3n) is 5.48. The average molecular weight is 403 g/mol. The largest absolute Gasteiger partial charge is 0.349 e. The number of rotatable bonds is 5. The Morgan fingerprint density at radius 1 is 1.10 bits per heavy atom. The lowest BCUT2D eigenvalue weighted by Gasteiger charge is -2.16. The van der Waals surface area contributed by atoms with Crippen LogP contribution in [0.1, 0.15) is 34.2 Å². The fourth-order valence-corrected chi connectivity index (χ4v) is 3.82. The summed E-state index contributed by atoms with van der Waals surface area (Å²) < 4.78 is 3.61. The topological polar surface area (TPSA) is 77.6 Å². The number of pyridine rings is 1. The minimum absolute atomic E-state index is 0.0377. The molecule has 4 aromatic rings. The first kappa shape index (κ1) is 19.8. The van der Waals surface area contributed by atoms with Gasteiger partial charge < -0.3 is 5.32 Å². The minimum Gasteiger partial charge on any atom is -0.349 e. The van der Waals surface area contributed by atoms with E-state index in [2.05, 4.69) is 22.4 Å². The highest BCUT2D eigenvalue weighted by atomic mass is 16.1. The van der Waals surface area contributed by atoms with E-state index in [1.54, 1.807) is 4.68 Å². The van der Waals surface area contributed by atoms with Gasteiger partial charge in [0.25, 0.3) is 5.91 Å². The Labute approximate surface area is 175 Å². The Balaban J connectivity index is 1.65. The third kappa shape index (κ3) is 3.70. The van der Waals surface area contributed by atoms with Crippen molar-refractivity contribution in [3.8, 4) is 11.4 Å². The number of nitrogens with one attached hydrogen (secondary N) is 1. The van der Waals surface area contributed by atoms with Crippen LogP contribution in [-0.2, 0) is 20.5 Å². The molecule has 3 aromatic heterocycles. The van der Waals surface area contributed by atoms with Gasteiger partial charge in [0.2, 0.25) is 0 Å². The Bertz CT molecular complexity index is 1240. The van der Waals surface area contributed by atoms with Gasteiger partial charge in [-0.25, -0.2) is 4.98 Å². The van der Waals surface area contributed by atoms with Crippen LogP contribution in [0, 0.1) is 13.8 Å². The third-order valence-corrected chi connectivity index (χ3v) is 5.48. The number of carbonyl (C=O) groups excluding carboxylic acids is 1. The lowest BCUT2D eigenvalue weighted by molar-refractivity contribution is 0.0941. The molecule has 0 bridgehead atoms. The fraction of sp³-hybridized carbons (Fsp3) is 0.304. The van der Waals surface area contributed by atoms with Crippen molar-refractivity contribution in [2.24, 2.45) is 14.1 Å². The van der Waals surface area contributed by atoms with Gasteiger partial charge in [-0.15, -0.1) is 0 Å². The van der Waals surface area contributed by atoms with Gasteiger partial charge in [-0.1, -0.05) is 18.2 Å². The predicted octanol–water partition coefficient (Wildman–Crippen LogP) is 3.35. The lowest BCUT2D eigenvalue weighted by atomic mass is 10.0. The number of hydrogen-bond donors (Lipinski definition) is 1. The summed E-state index contributed by atoms with van der Waals surface area (Å²) in [5.74, 6) is -0.113. The molecule has 0 radical (unpaired) electrons. The van der Waals surface area contributed by atoms with Gasteiger partial charge in [0.15, 0.2) is 0 Å². The van der Waals surface area contributed by atoms with Gasteiger partial charge in [0.05, 0.1) is 22.5 Å². The molecule has 1 aromatic carbocycles. The first-order chi connectivity index (χ1) is 14.3. The molecule has 0 aliphatic rings. The predicted molar refractivity (Wildman–Crippen MR) is 117 cm³/mol. The number of aromatic nitrogens is 5. The first-order valence-corrected chi connectivity index (χ1v) is 10.0. The van der Waals surface area contributed by atoms with Crippen molar-refractivity contribution in [3.63, 3.8) is 0 Å². The Morgan fingerprint density at radius 3 is 2.53 bits per heavy atom. The highest BCUT2D eigenvalue weighted by Gasteiger charge is 2.19. The van der Waals surface area contributed by atoms with E-state index in [-0.39, 0.29) is 11.9 Å². The van der Waals surface area contributed by atoms with E-state index in [0.717, 1.165) is 34.4 Å². The molecule has 3 heterocycles. The summed E-state index contributed by atoms with van der Waals surface area (Å²) in [5.41, 5.74) is 6.12. The summed E-state index contributed by atoms with van der Waals surface area (Å²) in [6.45, 7) is 6.08. The van der Waals surface area contributed by atoms with Crippen LogP contribution in [-0.4, -0.2) is 36.5 Å². The molecule has 7 nitrogen and oxygen atoms in total. The maximum Gasteiger partial charge on any atom is 0.252 e. The van der Waals surface area contributed by atoms with Crippen molar-refractivity contribution >= 4 is 16.8 Å². The van der Waals surface area contributed by atoms with Gasteiger partial charge in [0.1, 0.15) is 5.69 Å². The van der Waals surface area contributed by atoms with Crippen molar-refractivity contribution in [1.82, 2.24) is 29.9 Å². The molecule has 7 heteroatoms. The zero-order chi connectivity index (χ0) is 21.4. The maximum absolute atomic E-state index is 13.2. The van der Waals surface area contributed by atoms with E-state index < -0.39 is 0 Å². The second-order valence-electron chi connectivity index (χ2n) is 7.80. The highest BCUT2D eigenvalue weighted by molar-refractivity contribution is 6.07. The van der Waals surface area contributed by atoms with Crippen LogP contribution in [0.15, 0.2) is 42.6 Å². The zero-order valence-electron chi connectivity index (χ0n) is 18.0. The van der Waals surface area contributed by atoms with Crippen LogP contribution in [0.2, 0.25) is 0 Å². The van der Waals surface area contributed by atoms with Crippen LogP contribution >= 0.6 is 0 Å². The first-order valence-electron chi connectivity index (χ1n) is 10.0. The van der Waals surface area contributed by atoms with Crippen LogP contribution in [0.3, 0.4) is 0 Å². The molecule has 0 fully saturated rings. The minimum atomic E-state index is -0.113. The average Bonchev–Trinajstić information content (AvgIpc) is 3.25. The molecule has 1 atom stereocenters. The molecule has 1 amide bonds. The van der Waals surface area contributed by atoms with E-state index in [1.165, 1.54) is 5.56 Å². The number of amides is 1. The second kappa shape index (κ2) is 7.74. The van der Waals surface area contributed by atoms with Gasteiger partial charge in [-0.3, -0.25) is 14.2 Å². The van der Waals surface area contributed by atoms with E-state index >= 15 is 0 Å². The number of hydrogen-bond acceptors (Lipinski definition) is 4. The number of aryl methyl sites for hydroxylation is 3. The van der Waals surface area contributed by atoms with Crippen LogP contribution in [0.25, 0.3) is 22.3 Å². The molecular formula is C23H26N6O. The maximum atomic E-state index is 13.2. The summed E-state index contributed by atoms with van der Waals surface area (Å²) >= 11 is 0. The summed E-state index contributed by atoms with van der Waals surface area (Å²) in [7, 11) is 3.81. The summed E-state index contributed by atoms with van der Waals surface area (Å²) in [4.78, 5) is 17.9. The molecule has 30 heavy (non-hydrogen) atoms. The molecule has 0 unspecified atom stereocenters. The molecule has 0 aliphatic heterocycles. The van der Waals surface area contributed by atoms with Crippen LogP contribution in [0.5, 0.6) is 0 Å². The smallest absolute Gasteiger partial charge is 0.252 e. The highest BCUT2D eigenvalue weighted by Crippen LogP contribution is 2.24. The zero-order valence-corrected chi connectivity index (χ0v) is 18.0. The molecule has 4 rings (SSSR count). The van der Waals surface area contributed by atoms with Crippen LogP contribution < -0.4 is 5.32 Å². The van der Waals surface area contributed by atoms with Gasteiger partial charge >= 0.3 is 0 Å².